The second kappa shape index (κ2) is 8.51. The van der Waals surface area contributed by atoms with Crippen molar-refractivity contribution in [3.8, 4) is 34.1 Å². The van der Waals surface area contributed by atoms with Gasteiger partial charge in [-0.05, 0) is 30.3 Å². The maximum Gasteiger partial charge on any atom is 0.236 e. The Kier molecular flexibility index (Phi) is 4.79. The van der Waals surface area contributed by atoms with Crippen LogP contribution in [0.2, 0.25) is 0 Å². The third-order valence-corrected chi connectivity index (χ3v) is 7.44. The van der Waals surface area contributed by atoms with Crippen molar-refractivity contribution < 1.29 is 13.9 Å². The molecule has 0 bridgehead atoms. The lowest BCUT2D eigenvalue weighted by Crippen LogP contribution is -2.02. The standard InChI is InChI=1S/C34H20FN3O2/c35-26-15-7-4-12-21(26)24-18-19-25-30-33(40-32(25)31(24)39)29(20-10-2-1-3-11-20)36-34(37-30)38-27-16-8-5-13-22(27)23-14-6-9-17-28(23)38/h1-19,39H. The summed E-state index contributed by atoms with van der Waals surface area (Å²) < 4.78 is 23.0. The Hall–Kier alpha value is -5.49. The molecule has 0 saturated heterocycles. The fourth-order valence-electron chi connectivity index (χ4n) is 5.61. The molecule has 6 heteroatoms. The monoisotopic (exact) mass is 521 g/mol. The van der Waals surface area contributed by atoms with Gasteiger partial charge < -0.3 is 9.52 Å². The molecule has 0 aliphatic heterocycles. The molecule has 0 spiro atoms. The van der Waals surface area contributed by atoms with Crippen LogP contribution in [0.4, 0.5) is 4.39 Å². The summed E-state index contributed by atoms with van der Waals surface area (Å²) in [4.78, 5) is 10.1. The molecule has 8 rings (SSSR count). The lowest BCUT2D eigenvalue weighted by atomic mass is 10.0. The number of aromatic hydroxyl groups is 1. The SMILES string of the molecule is Oc1c(-c2ccccc2F)ccc2c1oc1c(-c3ccccc3)nc(-n3c4ccccc4c4ccccc43)nc12. The van der Waals surface area contributed by atoms with Crippen molar-refractivity contribution in [2.45, 2.75) is 0 Å². The van der Waals surface area contributed by atoms with Gasteiger partial charge in [0.15, 0.2) is 16.9 Å². The molecule has 0 radical (unpaired) electrons. The summed E-state index contributed by atoms with van der Waals surface area (Å²) in [6.07, 6.45) is 0. The van der Waals surface area contributed by atoms with Gasteiger partial charge >= 0.3 is 0 Å². The zero-order valence-corrected chi connectivity index (χ0v) is 21.0. The van der Waals surface area contributed by atoms with Crippen LogP contribution in [0, 0.1) is 5.82 Å². The highest BCUT2D eigenvalue weighted by Gasteiger charge is 2.23. The van der Waals surface area contributed by atoms with Gasteiger partial charge in [-0.1, -0.05) is 84.9 Å². The number of fused-ring (bicyclic) bond motifs is 6. The number of halogens is 1. The molecule has 3 aromatic heterocycles. The largest absolute Gasteiger partial charge is 0.504 e. The number of nitrogens with zero attached hydrogens (tertiary/aromatic N) is 3. The van der Waals surface area contributed by atoms with Gasteiger partial charge in [-0.3, -0.25) is 4.57 Å². The highest BCUT2D eigenvalue weighted by atomic mass is 19.1. The molecular formula is C34H20FN3O2. The van der Waals surface area contributed by atoms with Gasteiger partial charge in [-0.15, -0.1) is 0 Å². The molecule has 0 atom stereocenters. The van der Waals surface area contributed by atoms with Crippen molar-refractivity contribution in [1.82, 2.24) is 14.5 Å². The van der Waals surface area contributed by atoms with Gasteiger partial charge in [-0.25, -0.2) is 14.4 Å². The predicted octanol–water partition coefficient (Wildman–Crippen LogP) is 8.65. The smallest absolute Gasteiger partial charge is 0.236 e. The number of aromatic nitrogens is 3. The Morgan fingerprint density at radius 3 is 1.98 bits per heavy atom. The predicted molar refractivity (Wildman–Crippen MR) is 156 cm³/mol. The van der Waals surface area contributed by atoms with Crippen LogP contribution >= 0.6 is 0 Å². The van der Waals surface area contributed by atoms with E-state index in [1.165, 1.54) is 6.07 Å². The van der Waals surface area contributed by atoms with E-state index in [-0.39, 0.29) is 11.3 Å². The molecule has 0 aliphatic rings. The molecule has 0 unspecified atom stereocenters. The molecule has 5 nitrogen and oxygen atoms in total. The van der Waals surface area contributed by atoms with Crippen LogP contribution in [0.15, 0.2) is 120 Å². The highest BCUT2D eigenvalue weighted by molar-refractivity contribution is 6.11. The minimum absolute atomic E-state index is 0.141. The number of benzene rings is 5. The van der Waals surface area contributed by atoms with Crippen molar-refractivity contribution >= 4 is 43.9 Å². The van der Waals surface area contributed by atoms with Gasteiger partial charge in [0.1, 0.15) is 17.0 Å². The number of rotatable bonds is 3. The zero-order chi connectivity index (χ0) is 26.8. The summed E-state index contributed by atoms with van der Waals surface area (Å²) in [6, 6.07) is 36.0. The quantitative estimate of drug-likeness (QED) is 0.253. The van der Waals surface area contributed by atoms with Crippen molar-refractivity contribution in [2.24, 2.45) is 0 Å². The topological polar surface area (TPSA) is 64.1 Å². The first-order valence-electron chi connectivity index (χ1n) is 12.9. The number of furan rings is 1. The third-order valence-electron chi connectivity index (χ3n) is 7.44. The van der Waals surface area contributed by atoms with Crippen LogP contribution in [0.25, 0.3) is 72.2 Å². The fraction of sp³-hybridized carbons (Fsp3) is 0. The Morgan fingerprint density at radius 2 is 1.25 bits per heavy atom. The van der Waals surface area contributed by atoms with Crippen molar-refractivity contribution in [3.05, 3.63) is 121 Å². The zero-order valence-electron chi connectivity index (χ0n) is 21.0. The molecule has 3 heterocycles. The lowest BCUT2D eigenvalue weighted by molar-refractivity contribution is 0.470. The number of phenols is 1. The molecule has 0 aliphatic carbocycles. The van der Waals surface area contributed by atoms with Crippen molar-refractivity contribution in [3.63, 3.8) is 0 Å². The molecule has 0 saturated carbocycles. The molecule has 0 amide bonds. The van der Waals surface area contributed by atoms with Crippen LogP contribution < -0.4 is 0 Å². The molecule has 40 heavy (non-hydrogen) atoms. The Morgan fingerprint density at radius 1 is 0.600 bits per heavy atom. The van der Waals surface area contributed by atoms with Gasteiger partial charge in [0.2, 0.25) is 5.95 Å². The summed E-state index contributed by atoms with van der Waals surface area (Å²) in [5.74, 6) is -0.0752. The van der Waals surface area contributed by atoms with E-state index < -0.39 is 5.82 Å². The van der Waals surface area contributed by atoms with E-state index in [0.717, 1.165) is 27.4 Å². The van der Waals surface area contributed by atoms with E-state index in [0.29, 0.717) is 39.3 Å². The van der Waals surface area contributed by atoms with E-state index in [4.69, 9.17) is 14.4 Å². The average Bonchev–Trinajstić information content (AvgIpc) is 3.54. The number of para-hydroxylation sites is 2. The molecule has 1 N–H and O–H groups in total. The van der Waals surface area contributed by atoms with E-state index >= 15 is 0 Å². The number of phenolic OH excluding ortho intramolecular Hbond substituents is 1. The second-order valence-electron chi connectivity index (χ2n) is 9.71. The van der Waals surface area contributed by atoms with Gasteiger partial charge in [0, 0.05) is 27.5 Å². The lowest BCUT2D eigenvalue weighted by Gasteiger charge is -2.09. The van der Waals surface area contributed by atoms with Crippen molar-refractivity contribution in [2.75, 3.05) is 0 Å². The maximum atomic E-state index is 14.6. The highest BCUT2D eigenvalue weighted by Crippen LogP contribution is 2.43. The van der Waals surface area contributed by atoms with Crippen LogP contribution in [0.1, 0.15) is 0 Å². The first-order valence-corrected chi connectivity index (χ1v) is 12.9. The first-order chi connectivity index (χ1) is 19.7. The van der Waals surface area contributed by atoms with Crippen LogP contribution in [-0.2, 0) is 0 Å². The van der Waals surface area contributed by atoms with E-state index in [1.54, 1.807) is 24.3 Å². The Labute approximate surface area is 227 Å². The summed E-state index contributed by atoms with van der Waals surface area (Å²) >= 11 is 0. The molecule has 0 fully saturated rings. The second-order valence-corrected chi connectivity index (χ2v) is 9.71. The Balaban J connectivity index is 1.48. The van der Waals surface area contributed by atoms with Gasteiger partial charge in [0.25, 0.3) is 0 Å². The summed E-state index contributed by atoms with van der Waals surface area (Å²) in [7, 11) is 0. The maximum absolute atomic E-state index is 14.6. The molecule has 5 aromatic carbocycles. The van der Waals surface area contributed by atoms with Gasteiger partial charge in [0.05, 0.1) is 16.4 Å². The van der Waals surface area contributed by atoms with E-state index in [9.17, 15) is 9.50 Å². The summed E-state index contributed by atoms with van der Waals surface area (Å²) in [5, 5.41) is 14.1. The normalized spacial score (nSPS) is 11.7. The third kappa shape index (κ3) is 3.20. The van der Waals surface area contributed by atoms with Crippen LogP contribution in [0.3, 0.4) is 0 Å². The molecule has 8 aromatic rings. The fourth-order valence-corrected chi connectivity index (χ4v) is 5.61. The summed E-state index contributed by atoms with van der Waals surface area (Å²) in [5.41, 5.74) is 5.32. The van der Waals surface area contributed by atoms with E-state index in [1.807, 2.05) is 60.7 Å². The minimum Gasteiger partial charge on any atom is -0.504 e. The Bertz CT molecular complexity index is 2200. The average molecular weight is 522 g/mol. The molecular weight excluding hydrogens is 501 g/mol. The van der Waals surface area contributed by atoms with E-state index in [2.05, 4.69) is 28.8 Å². The van der Waals surface area contributed by atoms with Crippen molar-refractivity contribution in [1.29, 1.82) is 0 Å². The van der Waals surface area contributed by atoms with Crippen LogP contribution in [0.5, 0.6) is 5.75 Å². The number of hydrogen-bond acceptors (Lipinski definition) is 4. The molecule has 190 valence electrons. The summed E-state index contributed by atoms with van der Waals surface area (Å²) in [6.45, 7) is 0. The minimum atomic E-state index is -0.424. The van der Waals surface area contributed by atoms with Crippen LogP contribution in [-0.4, -0.2) is 19.6 Å². The number of hydrogen-bond donors (Lipinski definition) is 1. The van der Waals surface area contributed by atoms with Gasteiger partial charge in [-0.2, -0.15) is 0 Å². The first kappa shape index (κ1) is 22.5.